The minimum Gasteiger partial charge on any atom is -0.413 e. The van der Waals surface area contributed by atoms with Crippen molar-refractivity contribution in [2.45, 2.75) is 26.4 Å². The zero-order valence-electron chi connectivity index (χ0n) is 10.7. The summed E-state index contributed by atoms with van der Waals surface area (Å²) in [4.78, 5) is 23.7. The van der Waals surface area contributed by atoms with E-state index in [-0.39, 0.29) is 0 Å². The summed E-state index contributed by atoms with van der Waals surface area (Å²) in [5, 5.41) is 0. The minimum absolute atomic E-state index is 0.534. The van der Waals surface area contributed by atoms with Gasteiger partial charge in [0.05, 0.1) is 0 Å². The molecule has 4 heteroatoms. The zero-order chi connectivity index (χ0) is 13.4. The summed E-state index contributed by atoms with van der Waals surface area (Å²) in [5.74, 6) is 0. The Bertz CT molecular complexity index is 528. The number of imide groups is 1. The molecule has 2 rings (SSSR count). The average molecular weight is 246 g/mol. The molecule has 1 aliphatic heterocycles. The van der Waals surface area contributed by atoms with Gasteiger partial charge in [-0.2, -0.15) is 4.79 Å². The number of carbonyl (C=O) groups is 2. The van der Waals surface area contributed by atoms with Gasteiger partial charge in [-0.15, -0.1) is 4.48 Å². The number of hydrogen-bond acceptors (Lipinski definition) is 3. The Balaban J connectivity index is 2.44. The summed E-state index contributed by atoms with van der Waals surface area (Å²) < 4.78 is 4.79. The molecule has 0 aromatic heterocycles. The van der Waals surface area contributed by atoms with Crippen molar-refractivity contribution in [1.29, 1.82) is 0 Å². The predicted molar refractivity (Wildman–Crippen MR) is 69.6 cm³/mol. The van der Waals surface area contributed by atoms with Crippen molar-refractivity contribution < 1.29 is 14.3 Å². The second-order valence-corrected chi connectivity index (χ2v) is 5.24. The molecule has 1 aliphatic rings. The minimum atomic E-state index is -0.628. The third-order valence-electron chi connectivity index (χ3n) is 2.69. The van der Waals surface area contributed by atoms with Crippen molar-refractivity contribution in [3.05, 3.63) is 36.0 Å². The van der Waals surface area contributed by atoms with Crippen LogP contribution in [0.4, 0.5) is 10.5 Å². The number of rotatable bonds is 1. The van der Waals surface area contributed by atoms with Gasteiger partial charge in [-0.25, -0.2) is 4.79 Å². The van der Waals surface area contributed by atoms with Crippen LogP contribution in [0.1, 0.15) is 26.3 Å². The van der Waals surface area contributed by atoms with Crippen molar-refractivity contribution >= 4 is 24.3 Å². The molecule has 0 aliphatic carbocycles. The number of fused-ring (bicyclic) bond motifs is 1. The van der Waals surface area contributed by atoms with E-state index in [2.05, 4.69) is 0 Å². The van der Waals surface area contributed by atoms with E-state index in [1.807, 2.05) is 12.1 Å². The van der Waals surface area contributed by atoms with Crippen LogP contribution < -0.4 is 4.48 Å². The van der Waals surface area contributed by atoms with Crippen LogP contribution in [0.25, 0.3) is 6.08 Å². The Morgan fingerprint density at radius 1 is 1.28 bits per heavy atom. The Kier molecular flexibility index (Phi) is 2.83. The van der Waals surface area contributed by atoms with Crippen molar-refractivity contribution in [2.24, 2.45) is 0 Å². The van der Waals surface area contributed by atoms with E-state index < -0.39 is 16.2 Å². The van der Waals surface area contributed by atoms with Crippen LogP contribution in [0.5, 0.6) is 0 Å². The number of benzene rings is 1. The summed E-state index contributed by atoms with van der Waals surface area (Å²) in [6.07, 6.45) is 3.31. The molecule has 1 heterocycles. The maximum Gasteiger partial charge on any atom is 0.534 e. The van der Waals surface area contributed by atoms with Gasteiger partial charge >= 0.3 is 12.5 Å². The predicted octanol–water partition coefficient (Wildman–Crippen LogP) is 3.07. The van der Waals surface area contributed by atoms with Crippen molar-refractivity contribution in [3.63, 3.8) is 0 Å². The summed E-state index contributed by atoms with van der Waals surface area (Å²) in [5.41, 5.74) is 0.855. The Hall–Kier alpha value is -1.94. The highest BCUT2D eigenvalue weighted by molar-refractivity contribution is 6.04. The number of quaternary nitrogens is 1. The fraction of sp³-hybridized carbons (Fsp3) is 0.286. The summed E-state index contributed by atoms with van der Waals surface area (Å²) in [7, 11) is 0. The highest BCUT2D eigenvalue weighted by Gasteiger charge is 2.46. The maximum atomic E-state index is 12.2. The van der Waals surface area contributed by atoms with Crippen LogP contribution in [0, 0.1) is 0 Å². The number of nitrogens with zero attached hydrogens (tertiary/aromatic N) is 1. The number of hydrogen-bond donors (Lipinski definition) is 0. The van der Waals surface area contributed by atoms with Crippen molar-refractivity contribution in [2.75, 3.05) is 0 Å². The highest BCUT2D eigenvalue weighted by atomic mass is 16.6. The molecule has 0 radical (unpaired) electrons. The SMILES string of the molecule is CC(C)(C)OC(=O)[N+]1(C=O)C=Cc2ccccc21. The first-order chi connectivity index (χ1) is 8.39. The standard InChI is InChI=1S/C14H16NO3/c1-14(2,3)18-13(17)15(10-16)9-8-11-6-4-5-7-12(11)15/h4-10H,1-3H3/q+1. The van der Waals surface area contributed by atoms with Crippen LogP contribution in [0.15, 0.2) is 30.5 Å². The van der Waals surface area contributed by atoms with Crippen LogP contribution in [-0.2, 0) is 9.53 Å². The number of carbonyl (C=O) groups excluding carboxylic acids is 2. The van der Waals surface area contributed by atoms with E-state index in [1.165, 1.54) is 0 Å². The average Bonchev–Trinajstić information content (AvgIpc) is 2.67. The van der Waals surface area contributed by atoms with Gasteiger partial charge in [0.15, 0.2) is 5.69 Å². The van der Waals surface area contributed by atoms with Gasteiger partial charge in [0.25, 0.3) is 0 Å². The normalized spacial score (nSPS) is 21.5. The number of amides is 2. The molecule has 1 aromatic rings. The van der Waals surface area contributed by atoms with E-state index in [0.29, 0.717) is 12.1 Å². The van der Waals surface area contributed by atoms with Gasteiger partial charge in [-0.1, -0.05) is 12.1 Å². The van der Waals surface area contributed by atoms with Crippen molar-refractivity contribution in [3.8, 4) is 0 Å². The topological polar surface area (TPSA) is 43.4 Å². The van der Waals surface area contributed by atoms with Gasteiger partial charge < -0.3 is 4.74 Å². The molecule has 0 spiro atoms. The van der Waals surface area contributed by atoms with Gasteiger partial charge in [0, 0.05) is 17.7 Å². The number of ether oxygens (including phenoxy) is 1. The fourth-order valence-electron chi connectivity index (χ4n) is 1.88. The van der Waals surface area contributed by atoms with E-state index in [0.717, 1.165) is 5.56 Å². The molecule has 0 bridgehead atoms. The van der Waals surface area contributed by atoms with E-state index >= 15 is 0 Å². The van der Waals surface area contributed by atoms with Gasteiger partial charge in [-0.3, -0.25) is 0 Å². The molecule has 0 fully saturated rings. The van der Waals surface area contributed by atoms with Crippen LogP contribution >= 0.6 is 0 Å². The lowest BCUT2D eigenvalue weighted by Gasteiger charge is -2.26. The molecular formula is C14H16NO3+. The van der Waals surface area contributed by atoms with Gasteiger partial charge in [-0.05, 0) is 26.8 Å². The first-order valence-corrected chi connectivity index (χ1v) is 5.76. The zero-order valence-corrected chi connectivity index (χ0v) is 10.7. The maximum absolute atomic E-state index is 12.2. The van der Waals surface area contributed by atoms with E-state index in [4.69, 9.17) is 4.74 Å². The fourth-order valence-corrected chi connectivity index (χ4v) is 1.88. The molecule has 1 atom stereocenters. The lowest BCUT2D eigenvalue weighted by Crippen LogP contribution is -2.49. The molecule has 4 nitrogen and oxygen atoms in total. The molecule has 94 valence electrons. The first kappa shape index (κ1) is 12.5. The van der Waals surface area contributed by atoms with Crippen LogP contribution in [0.2, 0.25) is 0 Å². The summed E-state index contributed by atoms with van der Waals surface area (Å²) >= 11 is 0. The second-order valence-electron chi connectivity index (χ2n) is 5.24. The van der Waals surface area contributed by atoms with E-state index in [1.54, 1.807) is 45.2 Å². The quantitative estimate of drug-likeness (QED) is 0.565. The van der Waals surface area contributed by atoms with Gasteiger partial charge in [0.2, 0.25) is 0 Å². The summed E-state index contributed by atoms with van der Waals surface area (Å²) in [6.45, 7) is 5.33. The third-order valence-corrected chi connectivity index (χ3v) is 2.69. The molecule has 0 N–H and O–H groups in total. The van der Waals surface area contributed by atoms with Crippen molar-refractivity contribution in [1.82, 2.24) is 4.48 Å². The molecule has 1 unspecified atom stereocenters. The molecule has 18 heavy (non-hydrogen) atoms. The molecule has 2 amide bonds. The lowest BCUT2D eigenvalue weighted by atomic mass is 10.2. The third kappa shape index (κ3) is 1.95. The van der Waals surface area contributed by atoms with Crippen LogP contribution in [-0.4, -0.2) is 18.1 Å². The molecular weight excluding hydrogens is 230 g/mol. The highest BCUT2D eigenvalue weighted by Crippen LogP contribution is 2.35. The molecule has 0 saturated carbocycles. The molecule has 1 aromatic carbocycles. The molecule has 0 saturated heterocycles. The second kappa shape index (κ2) is 4.07. The van der Waals surface area contributed by atoms with Gasteiger partial charge in [0.1, 0.15) is 11.8 Å². The largest absolute Gasteiger partial charge is 0.534 e. The Labute approximate surface area is 106 Å². The smallest absolute Gasteiger partial charge is 0.413 e. The lowest BCUT2D eigenvalue weighted by molar-refractivity contribution is -0.114. The summed E-state index contributed by atoms with van der Waals surface area (Å²) in [6, 6.07) is 7.28. The first-order valence-electron chi connectivity index (χ1n) is 5.76. The monoisotopic (exact) mass is 246 g/mol. The Morgan fingerprint density at radius 3 is 2.56 bits per heavy atom. The van der Waals surface area contributed by atoms with Crippen LogP contribution in [0.3, 0.4) is 0 Å². The number of para-hydroxylation sites is 1. The Morgan fingerprint density at radius 2 is 1.94 bits per heavy atom. The van der Waals surface area contributed by atoms with E-state index in [9.17, 15) is 9.59 Å².